The highest BCUT2D eigenvalue weighted by atomic mass is 16.3. The highest BCUT2D eigenvalue weighted by Gasteiger charge is 2.24. The van der Waals surface area contributed by atoms with Gasteiger partial charge in [0, 0.05) is 0 Å². The zero-order valence-corrected chi connectivity index (χ0v) is 5.98. The molecule has 0 heterocycles. The maximum atomic E-state index is 10.4. The van der Waals surface area contributed by atoms with Gasteiger partial charge in [0.25, 0.3) is 0 Å². The fraction of sp³-hybridized carbons (Fsp3) is 0.857. The van der Waals surface area contributed by atoms with Crippen molar-refractivity contribution in [3.8, 4) is 6.07 Å². The van der Waals surface area contributed by atoms with Gasteiger partial charge in [0.05, 0.1) is 11.5 Å². The largest absolute Gasteiger partial charge is 0.235 e. The van der Waals surface area contributed by atoms with Crippen LogP contribution in [0.25, 0.3) is 0 Å². The molecule has 0 aromatic rings. The first-order valence-corrected chi connectivity index (χ1v) is 3.24. The molecule has 0 aliphatic carbocycles. The molecule has 0 spiro atoms. The molecule has 51 valence electrons. The summed E-state index contributed by atoms with van der Waals surface area (Å²) < 4.78 is 0. The molecule has 0 aromatic carbocycles. The van der Waals surface area contributed by atoms with E-state index < -0.39 is 5.41 Å². The van der Waals surface area contributed by atoms with Crippen LogP contribution in [0.3, 0.4) is 0 Å². The SMILES string of the molecule is CCC(C#N)(CC)C[O]. The van der Waals surface area contributed by atoms with Crippen LogP contribution in [0.5, 0.6) is 0 Å². The van der Waals surface area contributed by atoms with E-state index in [0.717, 1.165) is 0 Å². The second-order valence-corrected chi connectivity index (χ2v) is 2.24. The lowest BCUT2D eigenvalue weighted by Crippen LogP contribution is -2.19. The molecule has 0 amide bonds. The van der Waals surface area contributed by atoms with E-state index in [1.54, 1.807) is 0 Å². The summed E-state index contributed by atoms with van der Waals surface area (Å²) in [7, 11) is 0. The Bertz CT molecular complexity index is 102. The maximum Gasteiger partial charge on any atom is 0.101 e. The quantitative estimate of drug-likeness (QED) is 0.568. The van der Waals surface area contributed by atoms with Crippen LogP contribution < -0.4 is 0 Å². The van der Waals surface area contributed by atoms with Crippen LogP contribution in [0, 0.1) is 16.7 Å². The molecule has 0 unspecified atom stereocenters. The van der Waals surface area contributed by atoms with Crippen LogP contribution in [0.4, 0.5) is 0 Å². The molecular weight excluding hydrogens is 114 g/mol. The minimum absolute atomic E-state index is 0.267. The van der Waals surface area contributed by atoms with Crippen molar-refractivity contribution in [3.63, 3.8) is 0 Å². The van der Waals surface area contributed by atoms with Gasteiger partial charge in [0.1, 0.15) is 6.61 Å². The summed E-state index contributed by atoms with van der Waals surface area (Å²) in [5.41, 5.74) is -0.583. The van der Waals surface area contributed by atoms with Crippen molar-refractivity contribution in [3.05, 3.63) is 0 Å². The summed E-state index contributed by atoms with van der Waals surface area (Å²) in [6.07, 6.45) is 1.34. The zero-order chi connectivity index (χ0) is 7.33. The molecule has 0 rings (SSSR count). The molecule has 0 saturated heterocycles. The van der Waals surface area contributed by atoms with E-state index in [-0.39, 0.29) is 6.61 Å². The fourth-order valence-electron chi connectivity index (χ4n) is 0.645. The van der Waals surface area contributed by atoms with Gasteiger partial charge >= 0.3 is 0 Å². The van der Waals surface area contributed by atoms with E-state index in [4.69, 9.17) is 5.26 Å². The first kappa shape index (κ1) is 8.45. The molecule has 2 nitrogen and oxygen atoms in total. The fourth-order valence-corrected chi connectivity index (χ4v) is 0.645. The normalized spacial score (nSPS) is 10.9. The second-order valence-electron chi connectivity index (χ2n) is 2.24. The lowest BCUT2D eigenvalue weighted by Gasteiger charge is -2.17. The van der Waals surface area contributed by atoms with Crippen molar-refractivity contribution in [1.29, 1.82) is 5.26 Å². The molecule has 9 heavy (non-hydrogen) atoms. The molecule has 2 heteroatoms. The third kappa shape index (κ3) is 1.69. The summed E-state index contributed by atoms with van der Waals surface area (Å²) in [6.45, 7) is 3.49. The Morgan fingerprint density at radius 3 is 1.89 bits per heavy atom. The second kappa shape index (κ2) is 3.47. The first-order chi connectivity index (χ1) is 4.24. The molecule has 0 fully saturated rings. The molecule has 0 atom stereocenters. The standard InChI is InChI=1S/C7H12NO/c1-3-7(4-2,5-8)6-9/h3-4,6H2,1-2H3. The number of hydrogen-bond donors (Lipinski definition) is 0. The molecule has 0 aromatic heterocycles. The van der Waals surface area contributed by atoms with Gasteiger partial charge in [0.15, 0.2) is 0 Å². The van der Waals surface area contributed by atoms with Crippen LogP contribution in [-0.2, 0) is 5.11 Å². The third-order valence-electron chi connectivity index (χ3n) is 1.87. The van der Waals surface area contributed by atoms with Gasteiger partial charge in [-0.15, -0.1) is 0 Å². The van der Waals surface area contributed by atoms with E-state index in [1.165, 1.54) is 0 Å². The molecule has 0 aliphatic rings. The molecule has 0 bridgehead atoms. The number of nitrogens with zero attached hydrogens (tertiary/aromatic N) is 1. The van der Waals surface area contributed by atoms with Gasteiger partial charge < -0.3 is 0 Å². The maximum absolute atomic E-state index is 10.4. The van der Waals surface area contributed by atoms with E-state index in [2.05, 4.69) is 6.07 Å². The number of nitriles is 1. The van der Waals surface area contributed by atoms with Crippen molar-refractivity contribution in [2.75, 3.05) is 6.61 Å². The molecule has 1 radical (unpaired) electrons. The summed E-state index contributed by atoms with van der Waals surface area (Å²) in [6, 6.07) is 2.05. The minimum atomic E-state index is -0.583. The molecule has 0 saturated carbocycles. The summed E-state index contributed by atoms with van der Waals surface area (Å²) in [5.74, 6) is 0. The van der Waals surface area contributed by atoms with Crippen molar-refractivity contribution >= 4 is 0 Å². The van der Waals surface area contributed by atoms with Crippen molar-refractivity contribution in [2.45, 2.75) is 26.7 Å². The first-order valence-electron chi connectivity index (χ1n) is 3.24. The van der Waals surface area contributed by atoms with Gasteiger partial charge in [-0.3, -0.25) is 0 Å². The number of hydrogen-bond acceptors (Lipinski definition) is 1. The Kier molecular flexibility index (Phi) is 3.26. The predicted octanol–water partition coefficient (Wildman–Crippen LogP) is 1.75. The lowest BCUT2D eigenvalue weighted by molar-refractivity contribution is 0.0994. The van der Waals surface area contributed by atoms with E-state index in [0.29, 0.717) is 12.8 Å². The van der Waals surface area contributed by atoms with Gasteiger partial charge in [-0.05, 0) is 12.8 Å². The van der Waals surface area contributed by atoms with Crippen molar-refractivity contribution in [2.24, 2.45) is 5.41 Å². The van der Waals surface area contributed by atoms with E-state index in [9.17, 15) is 5.11 Å². The van der Waals surface area contributed by atoms with Crippen LogP contribution >= 0.6 is 0 Å². The zero-order valence-electron chi connectivity index (χ0n) is 5.98. The highest BCUT2D eigenvalue weighted by Crippen LogP contribution is 2.23. The van der Waals surface area contributed by atoms with E-state index >= 15 is 0 Å². The summed E-state index contributed by atoms with van der Waals surface area (Å²) >= 11 is 0. The molecule has 0 aliphatic heterocycles. The van der Waals surface area contributed by atoms with Gasteiger partial charge in [-0.25, -0.2) is 5.11 Å². The Hall–Kier alpha value is -0.550. The third-order valence-corrected chi connectivity index (χ3v) is 1.87. The topological polar surface area (TPSA) is 43.7 Å². The van der Waals surface area contributed by atoms with Crippen molar-refractivity contribution in [1.82, 2.24) is 0 Å². The van der Waals surface area contributed by atoms with E-state index in [1.807, 2.05) is 13.8 Å². The van der Waals surface area contributed by atoms with Gasteiger partial charge in [-0.1, -0.05) is 13.8 Å². The van der Waals surface area contributed by atoms with Crippen LogP contribution in [0.2, 0.25) is 0 Å². The minimum Gasteiger partial charge on any atom is -0.235 e. The summed E-state index contributed by atoms with van der Waals surface area (Å²) in [4.78, 5) is 0. The smallest absolute Gasteiger partial charge is 0.101 e. The average molecular weight is 126 g/mol. The Morgan fingerprint density at radius 2 is 1.89 bits per heavy atom. The van der Waals surface area contributed by atoms with Gasteiger partial charge in [0.2, 0.25) is 0 Å². The highest BCUT2D eigenvalue weighted by molar-refractivity contribution is 4.96. The monoisotopic (exact) mass is 126 g/mol. The summed E-state index contributed by atoms with van der Waals surface area (Å²) in [5, 5.41) is 18.9. The van der Waals surface area contributed by atoms with Crippen LogP contribution in [0.1, 0.15) is 26.7 Å². The van der Waals surface area contributed by atoms with Crippen LogP contribution in [-0.4, -0.2) is 6.61 Å². The number of rotatable bonds is 3. The average Bonchev–Trinajstić information content (AvgIpc) is 1.95. The van der Waals surface area contributed by atoms with Crippen molar-refractivity contribution < 1.29 is 5.11 Å². The van der Waals surface area contributed by atoms with Crippen LogP contribution in [0.15, 0.2) is 0 Å². The molecule has 0 N–H and O–H groups in total. The Labute approximate surface area is 56.1 Å². The Balaban J connectivity index is 4.04. The molecular formula is C7H12NO. The predicted molar refractivity (Wildman–Crippen MR) is 34.2 cm³/mol. The Morgan fingerprint density at radius 1 is 1.44 bits per heavy atom. The van der Waals surface area contributed by atoms with Gasteiger partial charge in [-0.2, -0.15) is 5.26 Å². The lowest BCUT2D eigenvalue weighted by atomic mass is 9.85.